The zero-order valence-corrected chi connectivity index (χ0v) is 12.1. The highest BCUT2D eigenvalue weighted by Crippen LogP contribution is 2.32. The second-order valence-electron chi connectivity index (χ2n) is 6.07. The van der Waals surface area contributed by atoms with Crippen molar-refractivity contribution in [2.24, 2.45) is 11.7 Å². The van der Waals surface area contributed by atoms with Crippen molar-refractivity contribution in [2.75, 3.05) is 31.1 Å². The van der Waals surface area contributed by atoms with E-state index in [2.05, 4.69) is 24.0 Å². The lowest BCUT2D eigenvalue weighted by atomic mass is 10.1. The third-order valence-electron chi connectivity index (χ3n) is 4.54. The lowest BCUT2D eigenvalue weighted by Gasteiger charge is -2.25. The van der Waals surface area contributed by atoms with E-state index in [1.807, 2.05) is 17.0 Å². The number of benzene rings is 1. The van der Waals surface area contributed by atoms with Crippen LogP contribution in [-0.4, -0.2) is 43.0 Å². The molecule has 0 bridgehead atoms. The Balaban J connectivity index is 1.69. The van der Waals surface area contributed by atoms with Gasteiger partial charge < -0.3 is 10.6 Å². The van der Waals surface area contributed by atoms with Crippen LogP contribution in [0.25, 0.3) is 0 Å². The first-order valence-corrected chi connectivity index (χ1v) is 7.51. The average molecular weight is 273 g/mol. The Kier molecular flexibility index (Phi) is 3.76. The first-order chi connectivity index (χ1) is 9.69. The van der Waals surface area contributed by atoms with Crippen molar-refractivity contribution in [1.29, 1.82) is 0 Å². The molecule has 20 heavy (non-hydrogen) atoms. The maximum atomic E-state index is 12.6. The van der Waals surface area contributed by atoms with Gasteiger partial charge in [-0.05, 0) is 50.4 Å². The highest BCUT2D eigenvalue weighted by molar-refractivity contribution is 5.97. The van der Waals surface area contributed by atoms with Gasteiger partial charge in [-0.1, -0.05) is 18.2 Å². The number of hydrogen-bond donors (Lipinski definition) is 1. The van der Waals surface area contributed by atoms with Gasteiger partial charge in [0.1, 0.15) is 0 Å². The molecule has 108 valence electrons. The number of nitrogens with zero attached hydrogens (tertiary/aromatic N) is 2. The molecular weight excluding hydrogens is 250 g/mol. The minimum absolute atomic E-state index is 0.222. The summed E-state index contributed by atoms with van der Waals surface area (Å²) in [5.74, 6) is 0.784. The van der Waals surface area contributed by atoms with E-state index in [0.717, 1.165) is 38.2 Å². The summed E-state index contributed by atoms with van der Waals surface area (Å²) < 4.78 is 0. The summed E-state index contributed by atoms with van der Waals surface area (Å²) in [6.45, 7) is 5.34. The molecule has 2 unspecified atom stereocenters. The number of nitrogens with two attached hydrogens (primary N) is 1. The van der Waals surface area contributed by atoms with Crippen molar-refractivity contribution in [2.45, 2.75) is 25.8 Å². The molecule has 0 aromatic heterocycles. The Labute approximate surface area is 120 Å². The lowest BCUT2D eigenvalue weighted by molar-refractivity contribution is -0.119. The molecule has 0 radical (unpaired) electrons. The van der Waals surface area contributed by atoms with E-state index in [4.69, 9.17) is 5.73 Å². The molecule has 2 aliphatic rings. The number of hydrogen-bond acceptors (Lipinski definition) is 3. The fourth-order valence-electron chi connectivity index (χ4n) is 3.46. The summed E-state index contributed by atoms with van der Waals surface area (Å²) in [5, 5.41) is 0. The monoisotopic (exact) mass is 273 g/mol. The molecule has 4 nitrogen and oxygen atoms in total. The first-order valence-electron chi connectivity index (χ1n) is 7.51. The van der Waals surface area contributed by atoms with E-state index in [-0.39, 0.29) is 11.9 Å². The standard InChI is InChI=1S/C16H23N3O/c1-12-8-14-4-2-3-5-15(14)19(12)16(20)11-18-7-6-13(9-17)10-18/h2-5,12-13H,6-11,17H2,1H3. The van der Waals surface area contributed by atoms with Crippen molar-refractivity contribution >= 4 is 11.6 Å². The second kappa shape index (κ2) is 5.54. The van der Waals surface area contributed by atoms with Gasteiger partial charge in [0.15, 0.2) is 0 Å². The molecule has 1 amide bonds. The quantitative estimate of drug-likeness (QED) is 0.901. The van der Waals surface area contributed by atoms with E-state index in [9.17, 15) is 4.79 Å². The highest BCUT2D eigenvalue weighted by Gasteiger charge is 2.32. The molecule has 0 spiro atoms. The third-order valence-corrected chi connectivity index (χ3v) is 4.54. The van der Waals surface area contributed by atoms with Crippen LogP contribution < -0.4 is 10.6 Å². The largest absolute Gasteiger partial charge is 0.330 e. The number of amides is 1. The zero-order chi connectivity index (χ0) is 14.1. The van der Waals surface area contributed by atoms with Crippen molar-refractivity contribution < 1.29 is 4.79 Å². The van der Waals surface area contributed by atoms with Crippen LogP contribution >= 0.6 is 0 Å². The summed E-state index contributed by atoms with van der Waals surface area (Å²) >= 11 is 0. The van der Waals surface area contributed by atoms with E-state index >= 15 is 0 Å². The molecule has 0 saturated carbocycles. The third kappa shape index (κ3) is 2.45. The van der Waals surface area contributed by atoms with Gasteiger partial charge in [0.05, 0.1) is 6.54 Å². The molecule has 2 aliphatic heterocycles. The lowest BCUT2D eigenvalue weighted by Crippen LogP contribution is -2.42. The minimum atomic E-state index is 0.222. The van der Waals surface area contributed by atoms with Gasteiger partial charge in [-0.2, -0.15) is 0 Å². The molecule has 1 fully saturated rings. The summed E-state index contributed by atoms with van der Waals surface area (Å²) in [4.78, 5) is 16.8. The summed E-state index contributed by atoms with van der Waals surface area (Å²) in [6.07, 6.45) is 2.09. The van der Waals surface area contributed by atoms with Crippen LogP contribution in [0.5, 0.6) is 0 Å². The van der Waals surface area contributed by atoms with Crippen molar-refractivity contribution in [3.63, 3.8) is 0 Å². The van der Waals surface area contributed by atoms with Crippen LogP contribution in [0.2, 0.25) is 0 Å². The van der Waals surface area contributed by atoms with Gasteiger partial charge in [-0.3, -0.25) is 9.69 Å². The SMILES string of the molecule is CC1Cc2ccccc2N1C(=O)CN1CCC(CN)C1. The van der Waals surface area contributed by atoms with Gasteiger partial charge in [0.25, 0.3) is 0 Å². The normalized spacial score (nSPS) is 26.0. The number of anilines is 1. The molecule has 2 atom stereocenters. The Hall–Kier alpha value is -1.39. The number of fused-ring (bicyclic) bond motifs is 1. The Bertz CT molecular complexity index is 502. The van der Waals surface area contributed by atoms with Crippen LogP contribution in [-0.2, 0) is 11.2 Å². The number of likely N-dealkylation sites (tertiary alicyclic amines) is 1. The topological polar surface area (TPSA) is 49.6 Å². The van der Waals surface area contributed by atoms with E-state index in [0.29, 0.717) is 12.5 Å². The minimum Gasteiger partial charge on any atom is -0.330 e. The number of carbonyl (C=O) groups excluding carboxylic acids is 1. The van der Waals surface area contributed by atoms with Crippen LogP contribution in [0.1, 0.15) is 18.9 Å². The molecule has 3 rings (SSSR count). The number of para-hydroxylation sites is 1. The second-order valence-corrected chi connectivity index (χ2v) is 6.07. The zero-order valence-electron chi connectivity index (χ0n) is 12.1. The predicted molar refractivity (Wildman–Crippen MR) is 80.7 cm³/mol. The summed E-state index contributed by atoms with van der Waals surface area (Å²) in [6, 6.07) is 8.51. The Morgan fingerprint density at radius 2 is 2.20 bits per heavy atom. The fourth-order valence-corrected chi connectivity index (χ4v) is 3.46. The van der Waals surface area contributed by atoms with Gasteiger partial charge >= 0.3 is 0 Å². The molecule has 2 heterocycles. The summed E-state index contributed by atoms with van der Waals surface area (Å²) in [7, 11) is 0. The van der Waals surface area contributed by atoms with Crippen LogP contribution in [0.4, 0.5) is 5.69 Å². The predicted octanol–water partition coefficient (Wildman–Crippen LogP) is 1.24. The molecule has 1 aromatic rings. The molecule has 4 heteroatoms. The Morgan fingerprint density at radius 3 is 2.95 bits per heavy atom. The van der Waals surface area contributed by atoms with Crippen molar-refractivity contribution in [3.05, 3.63) is 29.8 Å². The number of rotatable bonds is 3. The van der Waals surface area contributed by atoms with Gasteiger partial charge in [0, 0.05) is 18.3 Å². The molecule has 2 N–H and O–H groups in total. The molecule has 0 aliphatic carbocycles. The van der Waals surface area contributed by atoms with Gasteiger partial charge in [-0.15, -0.1) is 0 Å². The smallest absolute Gasteiger partial charge is 0.241 e. The van der Waals surface area contributed by atoms with Crippen molar-refractivity contribution in [1.82, 2.24) is 4.90 Å². The maximum Gasteiger partial charge on any atom is 0.241 e. The summed E-state index contributed by atoms with van der Waals surface area (Å²) in [5.41, 5.74) is 8.10. The molecule has 1 saturated heterocycles. The molecule has 1 aromatic carbocycles. The van der Waals surface area contributed by atoms with E-state index in [1.54, 1.807) is 0 Å². The Morgan fingerprint density at radius 1 is 1.40 bits per heavy atom. The van der Waals surface area contributed by atoms with Crippen LogP contribution in [0.3, 0.4) is 0 Å². The number of carbonyl (C=O) groups is 1. The van der Waals surface area contributed by atoms with Crippen LogP contribution in [0.15, 0.2) is 24.3 Å². The van der Waals surface area contributed by atoms with Gasteiger partial charge in [0.2, 0.25) is 5.91 Å². The van der Waals surface area contributed by atoms with E-state index < -0.39 is 0 Å². The van der Waals surface area contributed by atoms with Crippen molar-refractivity contribution in [3.8, 4) is 0 Å². The fraction of sp³-hybridized carbons (Fsp3) is 0.562. The van der Waals surface area contributed by atoms with E-state index in [1.165, 1.54) is 5.56 Å². The maximum absolute atomic E-state index is 12.6. The molecular formula is C16H23N3O. The first kappa shape index (κ1) is 13.6. The van der Waals surface area contributed by atoms with Gasteiger partial charge in [-0.25, -0.2) is 0 Å². The van der Waals surface area contributed by atoms with Crippen LogP contribution in [0, 0.1) is 5.92 Å². The average Bonchev–Trinajstić information content (AvgIpc) is 3.01. The highest BCUT2D eigenvalue weighted by atomic mass is 16.2.